The van der Waals surface area contributed by atoms with Crippen molar-refractivity contribution in [1.29, 1.82) is 0 Å². The molecular weight excluding hydrogens is 302 g/mol. The van der Waals surface area contributed by atoms with E-state index in [4.69, 9.17) is 9.47 Å². The van der Waals surface area contributed by atoms with Gasteiger partial charge in [-0.25, -0.2) is 0 Å². The quantitative estimate of drug-likeness (QED) is 0.841. The molecule has 2 heterocycles. The molecule has 4 nitrogen and oxygen atoms in total. The summed E-state index contributed by atoms with van der Waals surface area (Å²) in [6.07, 6.45) is 2.94. The van der Waals surface area contributed by atoms with Crippen molar-refractivity contribution in [3.63, 3.8) is 0 Å². The smallest absolute Gasteiger partial charge is 0.223 e. The lowest BCUT2D eigenvalue weighted by Gasteiger charge is -2.33. The normalized spacial score (nSPS) is 21.7. The zero-order valence-electron chi connectivity index (χ0n) is 15.1. The molecule has 4 heteroatoms. The Kier molecular flexibility index (Phi) is 5.32. The van der Waals surface area contributed by atoms with Crippen molar-refractivity contribution in [2.75, 3.05) is 26.3 Å². The van der Waals surface area contributed by atoms with Gasteiger partial charge < -0.3 is 14.4 Å². The van der Waals surface area contributed by atoms with E-state index in [-0.39, 0.29) is 11.8 Å². The fraction of sp³-hybridized carbons (Fsp3) is 0.650. The standard InChI is InChI=1S/C20H29NO3/c1-14(2)17(12-20(22)21-8-4-5-15(3)13-21)16-6-7-18-19(11-16)24-10-9-23-18/h6-7,11,14-15,17H,4-5,8-10,12-13H2,1-3H3. The summed E-state index contributed by atoms with van der Waals surface area (Å²) in [4.78, 5) is 14.8. The minimum Gasteiger partial charge on any atom is -0.486 e. The third kappa shape index (κ3) is 3.85. The third-order valence-electron chi connectivity index (χ3n) is 5.20. The lowest BCUT2D eigenvalue weighted by Crippen LogP contribution is -2.39. The number of hydrogen-bond acceptors (Lipinski definition) is 3. The minimum atomic E-state index is 0.213. The summed E-state index contributed by atoms with van der Waals surface area (Å²) >= 11 is 0. The van der Waals surface area contributed by atoms with Crippen LogP contribution in [-0.2, 0) is 4.79 Å². The van der Waals surface area contributed by atoms with Crippen LogP contribution in [0.2, 0.25) is 0 Å². The molecule has 3 rings (SSSR count). The number of nitrogens with zero attached hydrogens (tertiary/aromatic N) is 1. The maximum absolute atomic E-state index is 12.8. The van der Waals surface area contributed by atoms with Crippen LogP contribution in [0.4, 0.5) is 0 Å². The maximum Gasteiger partial charge on any atom is 0.223 e. The molecule has 2 aliphatic rings. The topological polar surface area (TPSA) is 38.8 Å². The highest BCUT2D eigenvalue weighted by Crippen LogP contribution is 2.37. The molecule has 24 heavy (non-hydrogen) atoms. The van der Waals surface area contributed by atoms with Gasteiger partial charge in [-0.15, -0.1) is 0 Å². The molecule has 2 unspecified atom stereocenters. The molecule has 2 aliphatic heterocycles. The summed E-state index contributed by atoms with van der Waals surface area (Å²) in [6, 6.07) is 6.13. The van der Waals surface area contributed by atoms with E-state index in [2.05, 4.69) is 37.8 Å². The number of rotatable bonds is 4. The second-order valence-corrected chi connectivity index (χ2v) is 7.54. The van der Waals surface area contributed by atoms with E-state index in [1.165, 1.54) is 12.0 Å². The van der Waals surface area contributed by atoms with Crippen LogP contribution in [0.25, 0.3) is 0 Å². The summed E-state index contributed by atoms with van der Waals surface area (Å²) in [6.45, 7) is 9.63. The van der Waals surface area contributed by atoms with Crippen molar-refractivity contribution < 1.29 is 14.3 Å². The Morgan fingerprint density at radius 3 is 2.71 bits per heavy atom. The Balaban J connectivity index is 1.73. The number of fused-ring (bicyclic) bond motifs is 1. The van der Waals surface area contributed by atoms with Crippen molar-refractivity contribution in [1.82, 2.24) is 4.90 Å². The van der Waals surface area contributed by atoms with Gasteiger partial charge in [0.1, 0.15) is 13.2 Å². The van der Waals surface area contributed by atoms with E-state index >= 15 is 0 Å². The number of carbonyl (C=O) groups excluding carboxylic acids is 1. The largest absolute Gasteiger partial charge is 0.486 e. The number of hydrogen-bond donors (Lipinski definition) is 0. The molecule has 1 aromatic rings. The molecule has 0 aliphatic carbocycles. The highest BCUT2D eigenvalue weighted by atomic mass is 16.6. The van der Waals surface area contributed by atoms with Gasteiger partial charge in [0.05, 0.1) is 0 Å². The van der Waals surface area contributed by atoms with Crippen LogP contribution in [0.5, 0.6) is 11.5 Å². The fourth-order valence-corrected chi connectivity index (χ4v) is 3.76. The second kappa shape index (κ2) is 7.45. The van der Waals surface area contributed by atoms with Crippen LogP contribution >= 0.6 is 0 Å². The van der Waals surface area contributed by atoms with E-state index in [0.29, 0.717) is 31.5 Å². The van der Waals surface area contributed by atoms with E-state index in [1.807, 2.05) is 6.07 Å². The predicted octanol–water partition coefficient (Wildman–Crippen LogP) is 3.85. The summed E-state index contributed by atoms with van der Waals surface area (Å²) in [5, 5.41) is 0. The van der Waals surface area contributed by atoms with Gasteiger partial charge in [-0.1, -0.05) is 26.8 Å². The first-order valence-electron chi connectivity index (χ1n) is 9.22. The maximum atomic E-state index is 12.8. The van der Waals surface area contributed by atoms with Gasteiger partial charge in [0.2, 0.25) is 5.91 Å². The fourth-order valence-electron chi connectivity index (χ4n) is 3.76. The second-order valence-electron chi connectivity index (χ2n) is 7.54. The van der Waals surface area contributed by atoms with E-state index in [9.17, 15) is 4.79 Å². The number of carbonyl (C=O) groups is 1. The SMILES string of the molecule is CC1CCCN(C(=O)CC(c2ccc3c(c2)OCCO3)C(C)C)C1. The number of likely N-dealkylation sites (tertiary alicyclic amines) is 1. The van der Waals surface area contributed by atoms with Crippen LogP contribution in [0.1, 0.15) is 51.5 Å². The van der Waals surface area contributed by atoms with Gasteiger partial charge in [-0.2, -0.15) is 0 Å². The van der Waals surface area contributed by atoms with Gasteiger partial charge in [0, 0.05) is 19.5 Å². The zero-order valence-corrected chi connectivity index (χ0v) is 15.1. The molecule has 1 fully saturated rings. The molecule has 0 spiro atoms. The number of amides is 1. The third-order valence-corrected chi connectivity index (χ3v) is 5.20. The monoisotopic (exact) mass is 331 g/mol. The molecule has 1 saturated heterocycles. The van der Waals surface area contributed by atoms with Crippen LogP contribution in [0, 0.1) is 11.8 Å². The zero-order chi connectivity index (χ0) is 17.1. The average molecular weight is 331 g/mol. The molecule has 1 aromatic carbocycles. The summed E-state index contributed by atoms with van der Waals surface area (Å²) in [7, 11) is 0. The Morgan fingerprint density at radius 1 is 1.25 bits per heavy atom. The lowest BCUT2D eigenvalue weighted by molar-refractivity contribution is -0.133. The van der Waals surface area contributed by atoms with Crippen LogP contribution in [0.3, 0.4) is 0 Å². The van der Waals surface area contributed by atoms with Crippen molar-refractivity contribution in [3.8, 4) is 11.5 Å². The Labute approximate surface area is 145 Å². The highest BCUT2D eigenvalue weighted by molar-refractivity contribution is 5.77. The Bertz CT molecular complexity index is 584. The van der Waals surface area contributed by atoms with E-state index in [0.717, 1.165) is 31.0 Å². The molecule has 132 valence electrons. The first-order valence-corrected chi connectivity index (χ1v) is 9.22. The Hall–Kier alpha value is -1.71. The number of piperidine rings is 1. The first-order chi connectivity index (χ1) is 11.5. The number of benzene rings is 1. The minimum absolute atomic E-state index is 0.213. The predicted molar refractivity (Wildman–Crippen MR) is 94.6 cm³/mol. The molecule has 2 atom stereocenters. The van der Waals surface area contributed by atoms with E-state index in [1.54, 1.807) is 0 Å². The first kappa shape index (κ1) is 17.1. The van der Waals surface area contributed by atoms with Crippen LogP contribution in [0.15, 0.2) is 18.2 Å². The highest BCUT2D eigenvalue weighted by Gasteiger charge is 2.27. The van der Waals surface area contributed by atoms with Gasteiger partial charge in [0.25, 0.3) is 0 Å². The van der Waals surface area contributed by atoms with Gasteiger partial charge >= 0.3 is 0 Å². The van der Waals surface area contributed by atoms with Crippen molar-refractivity contribution in [3.05, 3.63) is 23.8 Å². The summed E-state index contributed by atoms with van der Waals surface area (Å²) < 4.78 is 11.3. The Morgan fingerprint density at radius 2 is 2.00 bits per heavy atom. The van der Waals surface area contributed by atoms with Gasteiger partial charge in [0.15, 0.2) is 11.5 Å². The molecule has 0 bridgehead atoms. The average Bonchev–Trinajstić information content (AvgIpc) is 2.58. The van der Waals surface area contributed by atoms with Crippen LogP contribution in [-0.4, -0.2) is 37.1 Å². The van der Waals surface area contributed by atoms with Crippen LogP contribution < -0.4 is 9.47 Å². The number of ether oxygens (including phenoxy) is 2. The molecule has 1 amide bonds. The van der Waals surface area contributed by atoms with Gasteiger partial charge in [-0.3, -0.25) is 4.79 Å². The molecular formula is C20H29NO3. The molecule has 0 aromatic heterocycles. The van der Waals surface area contributed by atoms with Crippen molar-refractivity contribution in [2.45, 2.75) is 46.0 Å². The summed E-state index contributed by atoms with van der Waals surface area (Å²) in [5.74, 6) is 3.14. The molecule has 0 radical (unpaired) electrons. The van der Waals surface area contributed by atoms with Crippen molar-refractivity contribution >= 4 is 5.91 Å². The lowest BCUT2D eigenvalue weighted by atomic mass is 9.85. The summed E-state index contributed by atoms with van der Waals surface area (Å²) in [5.41, 5.74) is 1.17. The van der Waals surface area contributed by atoms with E-state index < -0.39 is 0 Å². The molecule has 0 saturated carbocycles. The van der Waals surface area contributed by atoms with Gasteiger partial charge in [-0.05, 0) is 48.3 Å². The van der Waals surface area contributed by atoms with Crippen molar-refractivity contribution in [2.24, 2.45) is 11.8 Å². The molecule has 0 N–H and O–H groups in total.